The Morgan fingerprint density at radius 2 is 1.92 bits per heavy atom. The van der Waals surface area contributed by atoms with Crippen LogP contribution in [0.5, 0.6) is 5.75 Å². The Bertz CT molecular complexity index is 478. The van der Waals surface area contributed by atoms with Crippen molar-refractivity contribution in [3.63, 3.8) is 0 Å². The van der Waals surface area contributed by atoms with Gasteiger partial charge in [-0.25, -0.2) is 0 Å². The summed E-state index contributed by atoms with van der Waals surface area (Å²) in [6, 6.07) is 6.91. The van der Waals surface area contributed by atoms with E-state index in [2.05, 4.69) is 28.8 Å². The summed E-state index contributed by atoms with van der Waals surface area (Å²) in [5.74, 6) is 0.247. The van der Waals surface area contributed by atoms with E-state index in [1.54, 1.807) is 18.2 Å². The second kappa shape index (κ2) is 9.91. The van der Waals surface area contributed by atoms with Crippen molar-refractivity contribution < 1.29 is 18.3 Å². The minimum absolute atomic E-state index is 0.247. The summed E-state index contributed by atoms with van der Waals surface area (Å²) in [5.41, 5.74) is 0.758. The third-order valence-electron chi connectivity index (χ3n) is 4.08. The highest BCUT2D eigenvalue weighted by Gasteiger charge is 2.21. The summed E-state index contributed by atoms with van der Waals surface area (Å²) in [4.78, 5) is 2.45. The molecule has 0 saturated carbocycles. The van der Waals surface area contributed by atoms with Gasteiger partial charge in [0.05, 0.1) is 12.2 Å². The van der Waals surface area contributed by atoms with Gasteiger partial charge in [-0.15, -0.1) is 0 Å². The van der Waals surface area contributed by atoms with Gasteiger partial charge in [-0.3, -0.25) is 4.90 Å². The van der Waals surface area contributed by atoms with Crippen molar-refractivity contribution in [2.24, 2.45) is 0 Å². The Balaban J connectivity index is 1.62. The van der Waals surface area contributed by atoms with Crippen LogP contribution in [0.15, 0.2) is 24.3 Å². The molecule has 1 heterocycles. The lowest BCUT2D eigenvalue weighted by Gasteiger charge is -2.35. The van der Waals surface area contributed by atoms with Gasteiger partial charge < -0.3 is 14.8 Å². The molecule has 1 aliphatic rings. The minimum atomic E-state index is -2.79. The standard InChI is InChI=1S/C18H28F2N2O2/c1-14-12-22(13-15(2)23-14)10-6-5-9-21-11-16-7-3-4-8-17(16)24-18(19)20/h3-4,7-8,14-15,18,21H,5-6,9-13H2,1-2H3. The molecule has 136 valence electrons. The van der Waals surface area contributed by atoms with Gasteiger partial charge in [-0.1, -0.05) is 18.2 Å². The number of halogens is 2. The zero-order chi connectivity index (χ0) is 17.4. The van der Waals surface area contributed by atoms with Crippen molar-refractivity contribution >= 4 is 0 Å². The van der Waals surface area contributed by atoms with Crippen LogP contribution < -0.4 is 10.1 Å². The van der Waals surface area contributed by atoms with Crippen molar-refractivity contribution in [3.8, 4) is 5.75 Å². The molecule has 2 rings (SSSR count). The van der Waals surface area contributed by atoms with E-state index in [1.807, 2.05) is 6.07 Å². The predicted octanol–water partition coefficient (Wildman–Crippen LogP) is 3.27. The maximum Gasteiger partial charge on any atom is 0.387 e. The Hall–Kier alpha value is -1.24. The molecule has 0 bridgehead atoms. The third kappa shape index (κ3) is 6.71. The Morgan fingerprint density at radius 3 is 2.62 bits per heavy atom. The van der Waals surface area contributed by atoms with Crippen molar-refractivity contribution in [2.75, 3.05) is 26.2 Å². The first kappa shape index (κ1) is 19.1. The highest BCUT2D eigenvalue weighted by atomic mass is 19.3. The molecule has 1 aliphatic heterocycles. The summed E-state index contributed by atoms with van der Waals surface area (Å²) >= 11 is 0. The number of hydrogen-bond acceptors (Lipinski definition) is 4. The van der Waals surface area contributed by atoms with E-state index >= 15 is 0 Å². The average Bonchev–Trinajstić information content (AvgIpc) is 2.50. The molecule has 0 amide bonds. The van der Waals surface area contributed by atoms with Gasteiger partial charge in [0.15, 0.2) is 0 Å². The van der Waals surface area contributed by atoms with E-state index in [9.17, 15) is 8.78 Å². The van der Waals surface area contributed by atoms with E-state index in [0.29, 0.717) is 18.8 Å². The lowest BCUT2D eigenvalue weighted by atomic mass is 10.2. The molecule has 2 unspecified atom stereocenters. The van der Waals surface area contributed by atoms with Crippen LogP contribution in [-0.4, -0.2) is 49.9 Å². The van der Waals surface area contributed by atoms with E-state index < -0.39 is 6.61 Å². The number of benzene rings is 1. The van der Waals surface area contributed by atoms with Crippen molar-refractivity contribution in [1.29, 1.82) is 0 Å². The number of nitrogens with zero attached hydrogens (tertiary/aromatic N) is 1. The number of nitrogens with one attached hydrogen (secondary N) is 1. The first-order valence-corrected chi connectivity index (χ1v) is 8.66. The molecule has 1 fully saturated rings. The fraction of sp³-hybridized carbons (Fsp3) is 0.667. The first-order chi connectivity index (χ1) is 11.5. The molecule has 4 nitrogen and oxygen atoms in total. The number of hydrogen-bond donors (Lipinski definition) is 1. The molecule has 0 aliphatic carbocycles. The van der Waals surface area contributed by atoms with Gasteiger partial charge in [-0.05, 0) is 45.8 Å². The Kier molecular flexibility index (Phi) is 7.88. The highest BCUT2D eigenvalue weighted by Crippen LogP contribution is 2.20. The van der Waals surface area contributed by atoms with Gasteiger partial charge >= 0.3 is 6.61 Å². The summed E-state index contributed by atoms with van der Waals surface area (Å²) in [5, 5.41) is 3.30. The number of morpholine rings is 1. The fourth-order valence-electron chi connectivity index (χ4n) is 3.14. The number of rotatable bonds is 9. The van der Waals surface area contributed by atoms with E-state index in [-0.39, 0.29) is 5.75 Å². The highest BCUT2D eigenvalue weighted by molar-refractivity contribution is 5.33. The predicted molar refractivity (Wildman–Crippen MR) is 90.5 cm³/mol. The average molecular weight is 342 g/mol. The smallest absolute Gasteiger partial charge is 0.387 e. The summed E-state index contributed by atoms with van der Waals surface area (Å²) in [6.07, 6.45) is 2.77. The molecular weight excluding hydrogens is 314 g/mol. The SMILES string of the molecule is CC1CN(CCCCNCc2ccccc2OC(F)F)CC(C)O1. The lowest BCUT2D eigenvalue weighted by Crippen LogP contribution is -2.45. The van der Waals surface area contributed by atoms with Gasteiger partial charge in [0.1, 0.15) is 5.75 Å². The maximum absolute atomic E-state index is 12.4. The van der Waals surface area contributed by atoms with E-state index in [1.165, 1.54) is 0 Å². The van der Waals surface area contributed by atoms with Crippen molar-refractivity contribution in [2.45, 2.75) is 52.1 Å². The summed E-state index contributed by atoms with van der Waals surface area (Å²) in [6.45, 7) is 5.90. The molecule has 1 N–H and O–H groups in total. The fourth-order valence-corrected chi connectivity index (χ4v) is 3.14. The molecule has 1 aromatic rings. The van der Waals surface area contributed by atoms with Gasteiger partial charge in [0, 0.05) is 25.2 Å². The Morgan fingerprint density at radius 1 is 1.21 bits per heavy atom. The zero-order valence-corrected chi connectivity index (χ0v) is 14.5. The van der Waals surface area contributed by atoms with Crippen LogP contribution in [0.1, 0.15) is 32.3 Å². The minimum Gasteiger partial charge on any atom is -0.434 e. The van der Waals surface area contributed by atoms with Gasteiger partial charge in [-0.2, -0.15) is 8.78 Å². The summed E-state index contributed by atoms with van der Waals surface area (Å²) in [7, 11) is 0. The number of unbranched alkanes of at least 4 members (excludes halogenated alkanes) is 1. The molecule has 2 atom stereocenters. The number of para-hydroxylation sites is 1. The van der Waals surface area contributed by atoms with Crippen molar-refractivity contribution in [3.05, 3.63) is 29.8 Å². The van der Waals surface area contributed by atoms with Crippen molar-refractivity contribution in [1.82, 2.24) is 10.2 Å². The molecule has 0 spiro atoms. The lowest BCUT2D eigenvalue weighted by molar-refractivity contribution is -0.0681. The first-order valence-electron chi connectivity index (χ1n) is 8.66. The number of ether oxygens (including phenoxy) is 2. The molecule has 0 aromatic heterocycles. The van der Waals surface area contributed by atoms with Gasteiger partial charge in [0.25, 0.3) is 0 Å². The van der Waals surface area contributed by atoms with Crippen LogP contribution in [0.4, 0.5) is 8.78 Å². The molecule has 6 heteroatoms. The quantitative estimate of drug-likeness (QED) is 0.699. The normalized spacial score (nSPS) is 22.0. The molecule has 1 aromatic carbocycles. The Labute approximate surface area is 143 Å². The monoisotopic (exact) mass is 342 g/mol. The second-order valence-electron chi connectivity index (χ2n) is 6.39. The molecule has 1 saturated heterocycles. The van der Waals surface area contributed by atoms with E-state index in [0.717, 1.165) is 44.6 Å². The molecule has 24 heavy (non-hydrogen) atoms. The maximum atomic E-state index is 12.4. The van der Waals surface area contributed by atoms with Gasteiger partial charge in [0.2, 0.25) is 0 Å². The summed E-state index contributed by atoms with van der Waals surface area (Å²) < 4.78 is 35.0. The van der Waals surface area contributed by atoms with Crippen LogP contribution >= 0.6 is 0 Å². The van der Waals surface area contributed by atoms with Crippen LogP contribution in [0.3, 0.4) is 0 Å². The number of alkyl halides is 2. The van der Waals surface area contributed by atoms with E-state index in [4.69, 9.17) is 4.74 Å². The largest absolute Gasteiger partial charge is 0.434 e. The molecular formula is C18H28F2N2O2. The van der Waals surface area contributed by atoms with Crippen LogP contribution in [0.2, 0.25) is 0 Å². The van der Waals surface area contributed by atoms with Crippen LogP contribution in [0.25, 0.3) is 0 Å². The van der Waals surface area contributed by atoms with Crippen LogP contribution in [-0.2, 0) is 11.3 Å². The van der Waals surface area contributed by atoms with Crippen LogP contribution in [0, 0.1) is 0 Å². The third-order valence-corrected chi connectivity index (χ3v) is 4.08. The molecule has 0 radical (unpaired) electrons. The zero-order valence-electron chi connectivity index (χ0n) is 14.5. The second-order valence-corrected chi connectivity index (χ2v) is 6.39. The topological polar surface area (TPSA) is 33.7 Å².